The molecule has 82 valence electrons. The van der Waals surface area contributed by atoms with Crippen molar-refractivity contribution in [1.29, 1.82) is 0 Å². The number of rotatable bonds is 1. The van der Waals surface area contributed by atoms with Crippen LogP contribution in [0.3, 0.4) is 0 Å². The first-order chi connectivity index (χ1) is 7.00. The number of carboxylic acids is 1. The molecule has 2 heterocycles. The molecule has 2 rings (SSSR count). The van der Waals surface area contributed by atoms with Crippen LogP contribution in [0.5, 0.6) is 0 Å². The zero-order valence-electron chi connectivity index (χ0n) is 9.02. The molecule has 1 N–H and O–H groups in total. The summed E-state index contributed by atoms with van der Waals surface area (Å²) in [6.45, 7) is 3.10. The molecule has 5 heteroatoms. The molecule has 0 bridgehead atoms. The van der Waals surface area contributed by atoms with Gasteiger partial charge in [-0.25, -0.2) is 4.79 Å². The van der Waals surface area contributed by atoms with Gasteiger partial charge in [-0.1, -0.05) is 6.92 Å². The molecule has 0 aliphatic carbocycles. The van der Waals surface area contributed by atoms with Gasteiger partial charge in [0.1, 0.15) is 11.5 Å². The SMILES string of the molecule is CC1CN(C)c2c(cc(C(=O)O)n2C)S1. The average molecular weight is 226 g/mol. The molecule has 1 aromatic rings. The first-order valence-corrected chi connectivity index (χ1v) is 5.69. The third-order valence-electron chi connectivity index (χ3n) is 2.61. The van der Waals surface area contributed by atoms with Crippen LogP contribution in [0.25, 0.3) is 0 Å². The van der Waals surface area contributed by atoms with Crippen LogP contribution in [0.15, 0.2) is 11.0 Å². The molecule has 0 aromatic carbocycles. The molecule has 1 aliphatic rings. The van der Waals surface area contributed by atoms with Gasteiger partial charge < -0.3 is 14.6 Å². The first-order valence-electron chi connectivity index (χ1n) is 4.81. The topological polar surface area (TPSA) is 45.5 Å². The van der Waals surface area contributed by atoms with Crippen LogP contribution in [0.4, 0.5) is 5.82 Å². The Balaban J connectivity index is 2.52. The molecule has 0 radical (unpaired) electrons. The number of aromatic nitrogens is 1. The fourth-order valence-corrected chi connectivity index (χ4v) is 3.34. The van der Waals surface area contributed by atoms with E-state index in [4.69, 9.17) is 5.11 Å². The van der Waals surface area contributed by atoms with E-state index in [1.54, 1.807) is 29.4 Å². The maximum absolute atomic E-state index is 11.0. The molecular formula is C10H14N2O2S. The highest BCUT2D eigenvalue weighted by molar-refractivity contribution is 8.00. The van der Waals surface area contributed by atoms with E-state index < -0.39 is 5.97 Å². The lowest BCUT2D eigenvalue weighted by Gasteiger charge is -2.29. The lowest BCUT2D eigenvalue weighted by atomic mass is 10.4. The Hall–Kier alpha value is -1.10. The van der Waals surface area contributed by atoms with Gasteiger partial charge >= 0.3 is 5.97 Å². The van der Waals surface area contributed by atoms with Crippen molar-refractivity contribution in [2.75, 3.05) is 18.5 Å². The Labute approximate surface area is 92.9 Å². The highest BCUT2D eigenvalue weighted by atomic mass is 32.2. The maximum Gasteiger partial charge on any atom is 0.352 e. The quantitative estimate of drug-likeness (QED) is 0.791. The standard InChI is InChI=1S/C10H14N2O2S/c1-6-5-11(2)9-8(15-6)4-7(10(13)14)12(9)3/h4,6H,5H2,1-3H3,(H,13,14). The van der Waals surface area contributed by atoms with Crippen molar-refractivity contribution in [2.45, 2.75) is 17.1 Å². The number of anilines is 1. The van der Waals surface area contributed by atoms with Gasteiger partial charge in [-0.15, -0.1) is 11.8 Å². The molecule has 1 unspecified atom stereocenters. The van der Waals surface area contributed by atoms with E-state index >= 15 is 0 Å². The second-order valence-corrected chi connectivity index (χ2v) is 5.37. The second kappa shape index (κ2) is 3.48. The summed E-state index contributed by atoms with van der Waals surface area (Å²) in [6, 6.07) is 1.76. The van der Waals surface area contributed by atoms with E-state index in [0.29, 0.717) is 10.9 Å². The van der Waals surface area contributed by atoms with Crippen molar-refractivity contribution in [1.82, 2.24) is 4.57 Å². The zero-order valence-corrected chi connectivity index (χ0v) is 9.84. The summed E-state index contributed by atoms with van der Waals surface area (Å²) in [5, 5.41) is 9.52. The Morgan fingerprint density at radius 1 is 1.60 bits per heavy atom. The van der Waals surface area contributed by atoms with Crippen molar-refractivity contribution >= 4 is 23.5 Å². The number of nitrogens with zero attached hydrogens (tertiary/aromatic N) is 2. The molecule has 0 saturated carbocycles. The fraction of sp³-hybridized carbons (Fsp3) is 0.500. The van der Waals surface area contributed by atoms with Crippen LogP contribution in [0, 0.1) is 0 Å². The third kappa shape index (κ3) is 1.61. The number of carboxylic acid groups (broad SMARTS) is 1. The van der Waals surface area contributed by atoms with Gasteiger partial charge in [0.05, 0.1) is 4.90 Å². The molecule has 15 heavy (non-hydrogen) atoms. The second-order valence-electron chi connectivity index (χ2n) is 3.89. The summed E-state index contributed by atoms with van der Waals surface area (Å²) in [4.78, 5) is 14.2. The molecule has 0 saturated heterocycles. The van der Waals surface area contributed by atoms with Crippen molar-refractivity contribution in [3.05, 3.63) is 11.8 Å². The largest absolute Gasteiger partial charge is 0.477 e. The van der Waals surface area contributed by atoms with Gasteiger partial charge in [-0.3, -0.25) is 0 Å². The third-order valence-corrected chi connectivity index (χ3v) is 3.71. The molecular weight excluding hydrogens is 212 g/mol. The number of aromatic carboxylic acids is 1. The van der Waals surface area contributed by atoms with Crippen LogP contribution in [-0.4, -0.2) is 34.5 Å². The predicted molar refractivity (Wildman–Crippen MR) is 61.0 cm³/mol. The first kappa shape index (κ1) is 10.4. The van der Waals surface area contributed by atoms with Crippen LogP contribution < -0.4 is 4.90 Å². The number of thioether (sulfide) groups is 1. The highest BCUT2D eigenvalue weighted by Crippen LogP contribution is 2.39. The lowest BCUT2D eigenvalue weighted by Crippen LogP contribution is -2.30. The van der Waals surface area contributed by atoms with Crippen molar-refractivity contribution in [3.8, 4) is 0 Å². The minimum atomic E-state index is -0.867. The van der Waals surface area contributed by atoms with E-state index in [-0.39, 0.29) is 0 Å². The Morgan fingerprint density at radius 3 is 2.87 bits per heavy atom. The number of hydrogen-bond acceptors (Lipinski definition) is 3. The minimum absolute atomic E-state index is 0.355. The maximum atomic E-state index is 11.0. The average Bonchev–Trinajstić information content (AvgIpc) is 2.42. The normalized spacial score (nSPS) is 20.2. The summed E-state index contributed by atoms with van der Waals surface area (Å²) in [5.74, 6) is 0.143. The van der Waals surface area contributed by atoms with Gasteiger partial charge in [-0.2, -0.15) is 0 Å². The van der Waals surface area contributed by atoms with Crippen LogP contribution in [0.1, 0.15) is 17.4 Å². The smallest absolute Gasteiger partial charge is 0.352 e. The fourth-order valence-electron chi connectivity index (χ4n) is 2.03. The monoisotopic (exact) mass is 226 g/mol. The molecule has 0 amide bonds. The van der Waals surface area contributed by atoms with Crippen LogP contribution >= 0.6 is 11.8 Å². The van der Waals surface area contributed by atoms with Crippen molar-refractivity contribution in [3.63, 3.8) is 0 Å². The Bertz CT molecular complexity index is 414. The van der Waals surface area contributed by atoms with E-state index in [0.717, 1.165) is 17.3 Å². The Morgan fingerprint density at radius 2 is 2.27 bits per heavy atom. The van der Waals surface area contributed by atoms with Gasteiger partial charge in [0.15, 0.2) is 0 Å². The van der Waals surface area contributed by atoms with Gasteiger partial charge in [0.25, 0.3) is 0 Å². The molecule has 0 fully saturated rings. The predicted octanol–water partition coefficient (Wildman–Crippen LogP) is 1.65. The van der Waals surface area contributed by atoms with Gasteiger partial charge in [0, 0.05) is 25.9 Å². The zero-order chi connectivity index (χ0) is 11.2. The molecule has 1 aliphatic heterocycles. The van der Waals surface area contributed by atoms with Crippen molar-refractivity contribution < 1.29 is 9.90 Å². The van der Waals surface area contributed by atoms with E-state index in [2.05, 4.69) is 11.8 Å². The van der Waals surface area contributed by atoms with Crippen LogP contribution in [0.2, 0.25) is 0 Å². The summed E-state index contributed by atoms with van der Waals surface area (Å²) < 4.78 is 1.75. The summed E-state index contributed by atoms with van der Waals surface area (Å²) in [7, 11) is 3.80. The van der Waals surface area contributed by atoms with Gasteiger partial charge in [-0.05, 0) is 6.07 Å². The number of carbonyl (C=O) groups is 1. The molecule has 1 aromatic heterocycles. The summed E-state index contributed by atoms with van der Waals surface area (Å²) >= 11 is 1.74. The van der Waals surface area contributed by atoms with Crippen LogP contribution in [-0.2, 0) is 7.05 Å². The molecule has 1 atom stereocenters. The Kier molecular flexibility index (Phi) is 2.42. The highest BCUT2D eigenvalue weighted by Gasteiger charge is 2.26. The number of fused-ring (bicyclic) bond motifs is 1. The van der Waals surface area contributed by atoms with Crippen molar-refractivity contribution in [2.24, 2.45) is 7.05 Å². The van der Waals surface area contributed by atoms with E-state index in [1.807, 2.05) is 7.05 Å². The summed E-state index contributed by atoms with van der Waals surface area (Å²) in [5.41, 5.74) is 0.355. The van der Waals surface area contributed by atoms with Gasteiger partial charge in [0.2, 0.25) is 0 Å². The molecule has 0 spiro atoms. The van der Waals surface area contributed by atoms with E-state index in [9.17, 15) is 4.79 Å². The lowest BCUT2D eigenvalue weighted by molar-refractivity contribution is 0.0686. The molecule has 4 nitrogen and oxygen atoms in total. The minimum Gasteiger partial charge on any atom is -0.477 e. The number of hydrogen-bond donors (Lipinski definition) is 1. The summed E-state index contributed by atoms with van der Waals surface area (Å²) in [6.07, 6.45) is 0. The van der Waals surface area contributed by atoms with E-state index in [1.165, 1.54) is 0 Å².